The molecule has 0 bridgehead atoms. The molecule has 1 atom stereocenters. The van der Waals surface area contributed by atoms with Gasteiger partial charge in [0, 0.05) is 15.1 Å². The molecule has 1 unspecified atom stereocenters. The molecule has 4 heteroatoms. The summed E-state index contributed by atoms with van der Waals surface area (Å²) < 4.78 is 13.8. The average molecular weight is 327 g/mol. The summed E-state index contributed by atoms with van der Waals surface area (Å²) >= 11 is 4.95. The van der Waals surface area contributed by atoms with Gasteiger partial charge in [-0.1, -0.05) is 28.1 Å². The molecule has 2 aromatic carbocycles. The Morgan fingerprint density at radius 2 is 1.67 bits per heavy atom. The zero-order valence-corrected chi connectivity index (χ0v) is 11.9. The lowest BCUT2D eigenvalue weighted by Crippen LogP contribution is -2.00. The lowest BCUT2D eigenvalue weighted by Gasteiger charge is -2.10. The minimum atomic E-state index is -0.584. The standard InChI is InChI=1S/C14H12BrFOS/c15-11-3-7-13(8-4-11)18-9-14(17)10-1-5-12(16)6-2-10/h1-8,14,17H,9H2. The van der Waals surface area contributed by atoms with Gasteiger partial charge in [-0.05, 0) is 42.0 Å². The molecule has 0 aromatic heterocycles. The molecule has 0 saturated carbocycles. The van der Waals surface area contributed by atoms with Crippen LogP contribution >= 0.6 is 27.7 Å². The van der Waals surface area contributed by atoms with Crippen molar-refractivity contribution in [2.24, 2.45) is 0 Å². The molecule has 0 amide bonds. The van der Waals surface area contributed by atoms with E-state index in [0.29, 0.717) is 5.75 Å². The van der Waals surface area contributed by atoms with E-state index in [9.17, 15) is 9.50 Å². The zero-order chi connectivity index (χ0) is 13.0. The molecule has 0 aliphatic heterocycles. The summed E-state index contributed by atoms with van der Waals surface area (Å²) in [6, 6.07) is 13.9. The largest absolute Gasteiger partial charge is 0.388 e. The fourth-order valence-corrected chi connectivity index (χ4v) is 2.62. The third kappa shape index (κ3) is 3.83. The summed E-state index contributed by atoms with van der Waals surface area (Å²) in [4.78, 5) is 1.10. The quantitative estimate of drug-likeness (QED) is 0.839. The molecule has 2 aromatic rings. The average Bonchev–Trinajstić information content (AvgIpc) is 2.38. The van der Waals surface area contributed by atoms with Crippen molar-refractivity contribution in [1.29, 1.82) is 0 Å². The maximum absolute atomic E-state index is 12.7. The fourth-order valence-electron chi connectivity index (χ4n) is 1.49. The van der Waals surface area contributed by atoms with E-state index in [0.717, 1.165) is 14.9 Å². The lowest BCUT2D eigenvalue weighted by molar-refractivity contribution is 0.204. The van der Waals surface area contributed by atoms with Gasteiger partial charge < -0.3 is 5.11 Å². The lowest BCUT2D eigenvalue weighted by atomic mass is 10.1. The number of rotatable bonds is 4. The van der Waals surface area contributed by atoms with Crippen molar-refractivity contribution >= 4 is 27.7 Å². The van der Waals surface area contributed by atoms with Crippen molar-refractivity contribution in [1.82, 2.24) is 0 Å². The normalized spacial score (nSPS) is 12.4. The van der Waals surface area contributed by atoms with Crippen LogP contribution < -0.4 is 0 Å². The fraction of sp³-hybridized carbons (Fsp3) is 0.143. The van der Waals surface area contributed by atoms with Gasteiger partial charge in [-0.3, -0.25) is 0 Å². The van der Waals surface area contributed by atoms with Crippen molar-refractivity contribution in [3.63, 3.8) is 0 Å². The zero-order valence-electron chi connectivity index (χ0n) is 9.51. The molecule has 94 valence electrons. The van der Waals surface area contributed by atoms with Crippen molar-refractivity contribution in [3.8, 4) is 0 Å². The maximum Gasteiger partial charge on any atom is 0.123 e. The van der Waals surface area contributed by atoms with Gasteiger partial charge in [-0.25, -0.2) is 4.39 Å². The number of aliphatic hydroxyl groups excluding tert-OH is 1. The van der Waals surface area contributed by atoms with Gasteiger partial charge in [0.2, 0.25) is 0 Å². The van der Waals surface area contributed by atoms with E-state index < -0.39 is 6.10 Å². The predicted molar refractivity (Wildman–Crippen MR) is 76.2 cm³/mol. The molecule has 1 N–H and O–H groups in total. The van der Waals surface area contributed by atoms with Gasteiger partial charge in [-0.15, -0.1) is 11.8 Å². The number of benzene rings is 2. The van der Waals surface area contributed by atoms with E-state index in [1.54, 1.807) is 23.9 Å². The van der Waals surface area contributed by atoms with Crippen LogP contribution in [0, 0.1) is 5.82 Å². The van der Waals surface area contributed by atoms with E-state index in [1.165, 1.54) is 12.1 Å². The monoisotopic (exact) mass is 326 g/mol. The molecule has 0 aliphatic carbocycles. The summed E-state index contributed by atoms with van der Waals surface area (Å²) in [6.07, 6.45) is -0.584. The van der Waals surface area contributed by atoms with Gasteiger partial charge in [0.05, 0.1) is 6.10 Å². The van der Waals surface area contributed by atoms with Gasteiger partial charge in [0.25, 0.3) is 0 Å². The second-order valence-electron chi connectivity index (χ2n) is 3.83. The van der Waals surface area contributed by atoms with Gasteiger partial charge in [0.15, 0.2) is 0 Å². The van der Waals surface area contributed by atoms with Crippen molar-refractivity contribution in [3.05, 3.63) is 64.4 Å². The van der Waals surface area contributed by atoms with Crippen molar-refractivity contribution in [2.75, 3.05) is 5.75 Å². The highest BCUT2D eigenvalue weighted by atomic mass is 79.9. The number of hydrogen-bond acceptors (Lipinski definition) is 2. The number of halogens is 2. The highest BCUT2D eigenvalue weighted by Crippen LogP contribution is 2.25. The Hall–Kier alpha value is -0.840. The summed E-state index contributed by atoms with van der Waals surface area (Å²) in [5.41, 5.74) is 0.737. The van der Waals surface area contributed by atoms with Gasteiger partial charge in [-0.2, -0.15) is 0 Å². The topological polar surface area (TPSA) is 20.2 Å². The van der Waals surface area contributed by atoms with Crippen LogP contribution in [0.2, 0.25) is 0 Å². The highest BCUT2D eigenvalue weighted by molar-refractivity contribution is 9.10. The van der Waals surface area contributed by atoms with E-state index >= 15 is 0 Å². The Morgan fingerprint density at radius 1 is 1.06 bits per heavy atom. The number of aliphatic hydroxyl groups is 1. The molecule has 1 nitrogen and oxygen atoms in total. The molecule has 0 saturated heterocycles. The van der Waals surface area contributed by atoms with Gasteiger partial charge >= 0.3 is 0 Å². The molecule has 0 radical (unpaired) electrons. The van der Waals surface area contributed by atoms with E-state index in [2.05, 4.69) is 15.9 Å². The van der Waals surface area contributed by atoms with Crippen molar-refractivity contribution < 1.29 is 9.50 Å². The molecular weight excluding hydrogens is 315 g/mol. The van der Waals surface area contributed by atoms with Crippen LogP contribution in [-0.4, -0.2) is 10.9 Å². The Morgan fingerprint density at radius 3 is 2.28 bits per heavy atom. The molecule has 0 spiro atoms. The van der Waals surface area contributed by atoms with Crippen LogP contribution in [0.5, 0.6) is 0 Å². The van der Waals surface area contributed by atoms with Crippen LogP contribution in [0.1, 0.15) is 11.7 Å². The minimum absolute atomic E-state index is 0.286. The van der Waals surface area contributed by atoms with E-state index in [-0.39, 0.29) is 5.82 Å². The summed E-state index contributed by atoms with van der Waals surface area (Å²) in [5, 5.41) is 9.97. The van der Waals surface area contributed by atoms with Crippen molar-refractivity contribution in [2.45, 2.75) is 11.0 Å². The Bertz CT molecular complexity index is 498. The molecule has 2 rings (SSSR count). The molecule has 0 heterocycles. The Labute approximate surface area is 118 Å². The first kappa shape index (κ1) is 13.6. The molecule has 18 heavy (non-hydrogen) atoms. The summed E-state index contributed by atoms with van der Waals surface area (Å²) in [7, 11) is 0. The summed E-state index contributed by atoms with van der Waals surface area (Å²) in [6.45, 7) is 0. The second kappa shape index (κ2) is 6.36. The first-order valence-electron chi connectivity index (χ1n) is 5.47. The minimum Gasteiger partial charge on any atom is -0.388 e. The van der Waals surface area contributed by atoms with Crippen LogP contribution in [0.25, 0.3) is 0 Å². The predicted octanol–water partition coefficient (Wildman–Crippen LogP) is 4.41. The first-order chi connectivity index (χ1) is 8.65. The first-order valence-corrected chi connectivity index (χ1v) is 7.25. The van der Waals surface area contributed by atoms with Crippen LogP contribution in [0.15, 0.2) is 57.9 Å². The third-order valence-corrected chi connectivity index (χ3v) is 4.09. The maximum atomic E-state index is 12.7. The third-order valence-electron chi connectivity index (χ3n) is 2.48. The smallest absolute Gasteiger partial charge is 0.123 e. The second-order valence-corrected chi connectivity index (χ2v) is 5.84. The number of hydrogen-bond donors (Lipinski definition) is 1. The number of thioether (sulfide) groups is 1. The van der Waals surface area contributed by atoms with Crippen LogP contribution in [0.4, 0.5) is 4.39 Å². The van der Waals surface area contributed by atoms with E-state index in [4.69, 9.17) is 0 Å². The van der Waals surface area contributed by atoms with Crippen LogP contribution in [-0.2, 0) is 0 Å². The Kier molecular flexibility index (Phi) is 4.80. The molecular formula is C14H12BrFOS. The molecule has 0 aliphatic rings. The Balaban J connectivity index is 1.93. The highest BCUT2D eigenvalue weighted by Gasteiger charge is 2.08. The van der Waals surface area contributed by atoms with Gasteiger partial charge in [0.1, 0.15) is 5.82 Å². The molecule has 0 fully saturated rings. The van der Waals surface area contributed by atoms with E-state index in [1.807, 2.05) is 24.3 Å². The summed E-state index contributed by atoms with van der Waals surface area (Å²) in [5.74, 6) is 0.263. The van der Waals surface area contributed by atoms with Crippen LogP contribution in [0.3, 0.4) is 0 Å². The SMILES string of the molecule is OC(CSc1ccc(Br)cc1)c1ccc(F)cc1.